The van der Waals surface area contributed by atoms with Gasteiger partial charge in [-0.3, -0.25) is 10.1 Å². The molecule has 5 nitrogen and oxygen atoms in total. The van der Waals surface area contributed by atoms with Crippen LogP contribution in [0.5, 0.6) is 0 Å². The van der Waals surface area contributed by atoms with Gasteiger partial charge in [0.25, 0.3) is 0 Å². The van der Waals surface area contributed by atoms with Crippen LogP contribution in [0.25, 0.3) is 0 Å². The molecule has 0 unspecified atom stereocenters. The fraction of sp³-hybridized carbons (Fsp3) is 0.250. The second-order valence-electron chi connectivity index (χ2n) is 4.07. The van der Waals surface area contributed by atoms with Crippen molar-refractivity contribution in [2.45, 2.75) is 23.9 Å². The van der Waals surface area contributed by atoms with E-state index in [1.807, 2.05) is 39.1 Å². The molecule has 0 radical (unpaired) electrons. The van der Waals surface area contributed by atoms with Gasteiger partial charge in [0, 0.05) is 18.3 Å². The van der Waals surface area contributed by atoms with Gasteiger partial charge in [0.2, 0.25) is 0 Å². The molecule has 0 aliphatic rings. The van der Waals surface area contributed by atoms with E-state index in [0.717, 1.165) is 21.4 Å². The number of rotatable bonds is 3. The number of amidine groups is 1. The molecule has 18 heavy (non-hydrogen) atoms. The molecule has 0 atom stereocenters. The Morgan fingerprint density at radius 2 is 2.06 bits per heavy atom. The van der Waals surface area contributed by atoms with Gasteiger partial charge < -0.3 is 5.73 Å². The number of pyridine rings is 1. The average molecular weight is 261 g/mol. The molecule has 6 heteroatoms. The first-order valence-electron chi connectivity index (χ1n) is 5.48. The minimum atomic E-state index is 0.0314. The highest BCUT2D eigenvalue weighted by molar-refractivity contribution is 7.99. The molecular weight excluding hydrogens is 246 g/mol. The molecule has 2 heterocycles. The standard InChI is InChI=1S/C12H15N5S/c1-7-4-5-9(11(13)14)12(15-7)18-10-6-8(2)16-17(10)3/h4-6H,1-3H3,(H3,13,14). The van der Waals surface area contributed by atoms with Crippen molar-refractivity contribution in [1.82, 2.24) is 14.8 Å². The second-order valence-corrected chi connectivity index (χ2v) is 5.08. The van der Waals surface area contributed by atoms with E-state index < -0.39 is 0 Å². The Morgan fingerprint density at radius 3 is 2.61 bits per heavy atom. The number of aromatic nitrogens is 3. The number of aryl methyl sites for hydroxylation is 3. The molecule has 0 fully saturated rings. The molecule has 0 saturated heterocycles. The highest BCUT2D eigenvalue weighted by atomic mass is 32.2. The van der Waals surface area contributed by atoms with Crippen LogP contribution in [0.4, 0.5) is 0 Å². The van der Waals surface area contributed by atoms with Crippen LogP contribution in [0.15, 0.2) is 28.3 Å². The van der Waals surface area contributed by atoms with Crippen molar-refractivity contribution >= 4 is 17.6 Å². The summed E-state index contributed by atoms with van der Waals surface area (Å²) in [5.74, 6) is 0.0314. The predicted molar refractivity (Wildman–Crippen MR) is 72.1 cm³/mol. The van der Waals surface area contributed by atoms with Crippen molar-refractivity contribution in [1.29, 1.82) is 5.41 Å². The van der Waals surface area contributed by atoms with Crippen LogP contribution in [0.1, 0.15) is 17.0 Å². The number of hydrogen-bond acceptors (Lipinski definition) is 4. The van der Waals surface area contributed by atoms with Crippen LogP contribution < -0.4 is 5.73 Å². The molecule has 2 aromatic heterocycles. The molecule has 3 N–H and O–H groups in total. The summed E-state index contributed by atoms with van der Waals surface area (Å²) in [7, 11) is 1.89. The molecule has 0 aliphatic carbocycles. The molecule has 0 saturated carbocycles. The summed E-state index contributed by atoms with van der Waals surface area (Å²) in [5.41, 5.74) is 8.09. The number of hydrogen-bond donors (Lipinski definition) is 2. The van der Waals surface area contributed by atoms with Crippen LogP contribution in [-0.4, -0.2) is 20.6 Å². The van der Waals surface area contributed by atoms with E-state index in [-0.39, 0.29) is 5.84 Å². The lowest BCUT2D eigenvalue weighted by Crippen LogP contribution is -2.13. The SMILES string of the molecule is Cc1ccc(C(=N)N)c(Sc2cc(C)nn2C)n1. The van der Waals surface area contributed by atoms with Crippen molar-refractivity contribution in [2.24, 2.45) is 12.8 Å². The molecule has 0 aliphatic heterocycles. The third-order valence-corrected chi connectivity index (χ3v) is 3.55. The normalized spacial score (nSPS) is 10.6. The molecule has 0 bridgehead atoms. The fourth-order valence-corrected chi connectivity index (χ4v) is 2.68. The van der Waals surface area contributed by atoms with Crippen molar-refractivity contribution < 1.29 is 0 Å². The van der Waals surface area contributed by atoms with Gasteiger partial charge in [0.15, 0.2) is 0 Å². The average Bonchev–Trinajstić information content (AvgIpc) is 2.57. The maximum atomic E-state index is 7.57. The van der Waals surface area contributed by atoms with Crippen molar-refractivity contribution in [3.05, 3.63) is 35.2 Å². The van der Waals surface area contributed by atoms with Gasteiger partial charge >= 0.3 is 0 Å². The number of nitrogens with zero attached hydrogens (tertiary/aromatic N) is 3. The van der Waals surface area contributed by atoms with Gasteiger partial charge in [-0.25, -0.2) is 4.98 Å². The van der Waals surface area contributed by atoms with Crippen LogP contribution >= 0.6 is 11.8 Å². The van der Waals surface area contributed by atoms with Gasteiger partial charge in [-0.1, -0.05) is 0 Å². The zero-order valence-corrected chi connectivity index (χ0v) is 11.4. The Hall–Kier alpha value is -1.82. The summed E-state index contributed by atoms with van der Waals surface area (Å²) in [6, 6.07) is 5.67. The molecule has 2 aromatic rings. The predicted octanol–water partition coefficient (Wildman–Crippen LogP) is 1.87. The van der Waals surface area contributed by atoms with Crippen molar-refractivity contribution in [3.63, 3.8) is 0 Å². The minimum absolute atomic E-state index is 0.0314. The van der Waals surface area contributed by atoms with Gasteiger partial charge in [-0.05, 0) is 43.8 Å². The van der Waals surface area contributed by atoms with Gasteiger partial charge in [-0.15, -0.1) is 0 Å². The highest BCUT2D eigenvalue weighted by Crippen LogP contribution is 2.29. The quantitative estimate of drug-likeness (QED) is 0.653. The fourth-order valence-electron chi connectivity index (χ4n) is 1.60. The van der Waals surface area contributed by atoms with Gasteiger partial charge in [-0.2, -0.15) is 5.10 Å². The third-order valence-electron chi connectivity index (χ3n) is 2.45. The first kappa shape index (κ1) is 12.6. The number of nitrogen functional groups attached to an aromatic ring is 1. The Morgan fingerprint density at radius 1 is 1.33 bits per heavy atom. The third kappa shape index (κ3) is 2.53. The Balaban J connectivity index is 2.42. The minimum Gasteiger partial charge on any atom is -0.384 e. The molecule has 0 amide bonds. The van der Waals surface area contributed by atoms with Crippen molar-refractivity contribution in [2.75, 3.05) is 0 Å². The summed E-state index contributed by atoms with van der Waals surface area (Å²) in [5, 5.41) is 13.6. The molecular formula is C12H15N5S. The van der Waals surface area contributed by atoms with E-state index in [2.05, 4.69) is 10.1 Å². The smallest absolute Gasteiger partial charge is 0.125 e. The zero-order chi connectivity index (χ0) is 13.3. The van der Waals surface area contributed by atoms with Crippen LogP contribution in [0.3, 0.4) is 0 Å². The van der Waals surface area contributed by atoms with Crippen LogP contribution in [-0.2, 0) is 7.05 Å². The highest BCUT2D eigenvalue weighted by Gasteiger charge is 2.12. The molecule has 2 rings (SSSR count). The van der Waals surface area contributed by atoms with E-state index in [1.165, 1.54) is 11.8 Å². The maximum absolute atomic E-state index is 7.57. The van der Waals surface area contributed by atoms with Gasteiger partial charge in [0.1, 0.15) is 15.9 Å². The number of nitrogens with one attached hydrogen (secondary N) is 1. The van der Waals surface area contributed by atoms with E-state index in [4.69, 9.17) is 11.1 Å². The van der Waals surface area contributed by atoms with Crippen LogP contribution in [0, 0.1) is 19.3 Å². The maximum Gasteiger partial charge on any atom is 0.125 e. The second kappa shape index (κ2) is 4.81. The molecule has 0 spiro atoms. The molecule has 0 aromatic carbocycles. The van der Waals surface area contributed by atoms with Gasteiger partial charge in [0.05, 0.1) is 5.69 Å². The number of nitrogens with two attached hydrogens (primary N) is 1. The summed E-state index contributed by atoms with van der Waals surface area (Å²) >= 11 is 1.47. The monoisotopic (exact) mass is 261 g/mol. The summed E-state index contributed by atoms with van der Waals surface area (Å²) in [6.45, 7) is 3.86. The Kier molecular flexibility index (Phi) is 3.38. The van der Waals surface area contributed by atoms with Crippen LogP contribution in [0.2, 0.25) is 0 Å². The lowest BCUT2D eigenvalue weighted by atomic mass is 10.2. The summed E-state index contributed by atoms with van der Waals surface area (Å²) in [4.78, 5) is 4.44. The zero-order valence-electron chi connectivity index (χ0n) is 10.6. The Labute approximate surface area is 110 Å². The molecule has 94 valence electrons. The van der Waals surface area contributed by atoms with E-state index in [1.54, 1.807) is 4.68 Å². The van der Waals surface area contributed by atoms with Crippen molar-refractivity contribution in [3.8, 4) is 0 Å². The van der Waals surface area contributed by atoms with E-state index in [9.17, 15) is 0 Å². The largest absolute Gasteiger partial charge is 0.384 e. The Bertz CT molecular complexity index is 603. The lowest BCUT2D eigenvalue weighted by Gasteiger charge is -2.07. The first-order valence-corrected chi connectivity index (χ1v) is 6.29. The summed E-state index contributed by atoms with van der Waals surface area (Å²) in [6.07, 6.45) is 0. The topological polar surface area (TPSA) is 80.6 Å². The first-order chi connectivity index (χ1) is 8.47. The lowest BCUT2D eigenvalue weighted by molar-refractivity contribution is 0.692. The van der Waals surface area contributed by atoms with E-state index in [0.29, 0.717) is 5.56 Å². The van der Waals surface area contributed by atoms with E-state index >= 15 is 0 Å². The summed E-state index contributed by atoms with van der Waals surface area (Å²) < 4.78 is 1.80.